The Balaban J connectivity index is 1.58. The molecule has 0 spiro atoms. The van der Waals surface area contributed by atoms with E-state index in [1.165, 1.54) is 16.5 Å². The number of nitrogens with zero attached hydrogens (tertiary/aromatic N) is 5. The third-order valence-corrected chi connectivity index (χ3v) is 9.03. The highest BCUT2D eigenvalue weighted by Crippen LogP contribution is 2.31. The van der Waals surface area contributed by atoms with Gasteiger partial charge in [-0.3, -0.25) is 14.2 Å². The van der Waals surface area contributed by atoms with E-state index in [0.29, 0.717) is 17.6 Å². The van der Waals surface area contributed by atoms with Gasteiger partial charge in [-0.25, -0.2) is 22.8 Å². The number of aromatic nitrogens is 4. The van der Waals surface area contributed by atoms with Crippen LogP contribution in [0.1, 0.15) is 43.7 Å². The van der Waals surface area contributed by atoms with E-state index in [-0.39, 0.29) is 24.1 Å². The SMILES string of the molecule is CN(C(=O)Cn1c(=O)c2c(ncn2C2CCCC2)n(Cc2ccccc2)c1=O)[C@H]1CCS(=O)(=O)C1. The third-order valence-electron chi connectivity index (χ3n) is 7.28. The molecule has 2 fully saturated rings. The van der Waals surface area contributed by atoms with Crippen molar-refractivity contribution in [3.05, 3.63) is 63.1 Å². The van der Waals surface area contributed by atoms with E-state index in [1.807, 2.05) is 34.9 Å². The highest BCUT2D eigenvalue weighted by atomic mass is 32.2. The lowest BCUT2D eigenvalue weighted by molar-refractivity contribution is -0.132. The quantitative estimate of drug-likeness (QED) is 0.503. The number of sulfone groups is 1. The zero-order chi connectivity index (χ0) is 24.7. The van der Waals surface area contributed by atoms with E-state index in [4.69, 9.17) is 0 Å². The Hall–Kier alpha value is -3.21. The molecule has 186 valence electrons. The van der Waals surface area contributed by atoms with Crippen LogP contribution < -0.4 is 11.2 Å². The van der Waals surface area contributed by atoms with E-state index >= 15 is 0 Å². The number of hydrogen-bond donors (Lipinski definition) is 0. The van der Waals surface area contributed by atoms with Gasteiger partial charge < -0.3 is 9.47 Å². The molecule has 11 heteroatoms. The summed E-state index contributed by atoms with van der Waals surface area (Å²) in [5.74, 6) is -0.537. The van der Waals surface area contributed by atoms with Crippen LogP contribution >= 0.6 is 0 Å². The van der Waals surface area contributed by atoms with Gasteiger partial charge >= 0.3 is 5.69 Å². The van der Waals surface area contributed by atoms with Crippen LogP contribution in [0.2, 0.25) is 0 Å². The smallest absolute Gasteiger partial charge is 0.333 e. The van der Waals surface area contributed by atoms with Gasteiger partial charge in [0.15, 0.2) is 21.0 Å². The minimum atomic E-state index is -3.18. The van der Waals surface area contributed by atoms with Crippen molar-refractivity contribution in [1.82, 2.24) is 23.6 Å². The van der Waals surface area contributed by atoms with Crippen molar-refractivity contribution in [3.63, 3.8) is 0 Å². The van der Waals surface area contributed by atoms with Crippen LogP contribution in [0, 0.1) is 0 Å². The highest BCUT2D eigenvalue weighted by molar-refractivity contribution is 7.91. The minimum absolute atomic E-state index is 0.0334. The van der Waals surface area contributed by atoms with Gasteiger partial charge in [-0.2, -0.15) is 0 Å². The molecule has 2 aliphatic rings. The number of likely N-dealkylation sites (N-methyl/N-ethyl adjacent to an activating group) is 1. The summed E-state index contributed by atoms with van der Waals surface area (Å²) in [6.45, 7) is -0.242. The Kier molecular flexibility index (Phi) is 6.12. The number of carbonyl (C=O) groups is 1. The Morgan fingerprint density at radius 1 is 1.09 bits per heavy atom. The van der Waals surface area contributed by atoms with Gasteiger partial charge in [0, 0.05) is 19.1 Å². The normalized spacial score (nSPS) is 20.0. The molecule has 10 nitrogen and oxygen atoms in total. The van der Waals surface area contributed by atoms with E-state index in [2.05, 4.69) is 4.98 Å². The predicted octanol–water partition coefficient (Wildman–Crippen LogP) is 1.17. The van der Waals surface area contributed by atoms with Crippen LogP contribution in [0.15, 0.2) is 46.2 Å². The fraction of sp³-hybridized carbons (Fsp3) is 0.500. The molecule has 1 aliphatic carbocycles. The Labute approximate surface area is 202 Å². The lowest BCUT2D eigenvalue weighted by atomic mass is 10.2. The van der Waals surface area contributed by atoms with Gasteiger partial charge in [-0.1, -0.05) is 43.2 Å². The van der Waals surface area contributed by atoms with E-state index in [9.17, 15) is 22.8 Å². The lowest BCUT2D eigenvalue weighted by Crippen LogP contribution is -2.47. The molecule has 3 aromatic rings. The maximum atomic E-state index is 13.6. The van der Waals surface area contributed by atoms with Crippen LogP contribution in [0.4, 0.5) is 0 Å². The zero-order valence-electron chi connectivity index (χ0n) is 19.7. The van der Waals surface area contributed by atoms with Gasteiger partial charge in [-0.05, 0) is 24.8 Å². The van der Waals surface area contributed by atoms with Gasteiger partial charge in [0.2, 0.25) is 5.91 Å². The van der Waals surface area contributed by atoms with Crippen molar-refractivity contribution in [1.29, 1.82) is 0 Å². The summed E-state index contributed by atoms with van der Waals surface area (Å²) in [5.41, 5.74) is 0.362. The van der Waals surface area contributed by atoms with E-state index in [1.54, 1.807) is 6.33 Å². The fourth-order valence-corrected chi connectivity index (χ4v) is 7.02. The maximum Gasteiger partial charge on any atom is 0.333 e. The largest absolute Gasteiger partial charge is 0.340 e. The number of carbonyl (C=O) groups excluding carboxylic acids is 1. The van der Waals surface area contributed by atoms with Crippen molar-refractivity contribution in [2.75, 3.05) is 18.6 Å². The summed E-state index contributed by atoms with van der Waals surface area (Å²) >= 11 is 0. The predicted molar refractivity (Wildman–Crippen MR) is 131 cm³/mol. The summed E-state index contributed by atoms with van der Waals surface area (Å²) in [7, 11) is -1.65. The van der Waals surface area contributed by atoms with Crippen LogP contribution in [0.3, 0.4) is 0 Å². The molecule has 1 aromatic carbocycles. The van der Waals surface area contributed by atoms with Crippen LogP contribution in [-0.4, -0.2) is 62.5 Å². The molecule has 1 saturated carbocycles. The molecule has 5 rings (SSSR count). The molecule has 0 N–H and O–H groups in total. The third kappa shape index (κ3) is 4.44. The average molecular weight is 500 g/mol. The second-order valence-electron chi connectivity index (χ2n) is 9.57. The fourth-order valence-electron chi connectivity index (χ4n) is 5.24. The summed E-state index contributed by atoms with van der Waals surface area (Å²) in [5, 5.41) is 0. The first-order valence-corrected chi connectivity index (χ1v) is 13.8. The standard InChI is InChI=1S/C24H29N5O5S/c1-26(19-11-12-35(33,34)15-19)20(30)14-28-23(31)21-22(25-16-29(21)18-9-5-6-10-18)27(24(28)32)13-17-7-3-2-4-8-17/h2-4,7-8,16,18-19H,5-6,9-15H2,1H3/t19-/m0/s1. The van der Waals surface area contributed by atoms with Gasteiger partial charge in [0.05, 0.1) is 24.4 Å². The molecule has 1 aliphatic heterocycles. The Bertz CT molecular complexity index is 1480. The first-order chi connectivity index (χ1) is 16.7. The van der Waals surface area contributed by atoms with Crippen molar-refractivity contribution >= 4 is 26.9 Å². The number of rotatable bonds is 6. The second kappa shape index (κ2) is 9.10. The van der Waals surface area contributed by atoms with Crippen LogP contribution in [0.5, 0.6) is 0 Å². The van der Waals surface area contributed by atoms with Crippen LogP contribution in [0.25, 0.3) is 11.2 Å². The van der Waals surface area contributed by atoms with E-state index < -0.39 is 39.6 Å². The maximum absolute atomic E-state index is 13.6. The van der Waals surface area contributed by atoms with Crippen LogP contribution in [-0.2, 0) is 27.7 Å². The Morgan fingerprint density at radius 3 is 2.46 bits per heavy atom. The first-order valence-electron chi connectivity index (χ1n) is 12.0. The Morgan fingerprint density at radius 2 is 1.80 bits per heavy atom. The molecular weight excluding hydrogens is 470 g/mol. The summed E-state index contributed by atoms with van der Waals surface area (Å²) in [6, 6.07) is 9.09. The molecule has 1 saturated heterocycles. The monoisotopic (exact) mass is 499 g/mol. The van der Waals surface area contributed by atoms with E-state index in [0.717, 1.165) is 35.8 Å². The first kappa shape index (κ1) is 23.5. The molecule has 0 unspecified atom stereocenters. The average Bonchev–Trinajstić information content (AvgIpc) is 3.59. The highest BCUT2D eigenvalue weighted by Gasteiger charge is 2.33. The van der Waals surface area contributed by atoms with Gasteiger partial charge in [0.25, 0.3) is 5.56 Å². The molecule has 1 amide bonds. The number of benzene rings is 1. The molecule has 0 bridgehead atoms. The van der Waals surface area contributed by atoms with Crippen molar-refractivity contribution in [2.24, 2.45) is 0 Å². The molecular formula is C24H29N5O5S. The minimum Gasteiger partial charge on any atom is -0.340 e. The molecule has 2 aromatic heterocycles. The number of fused-ring (bicyclic) bond motifs is 1. The zero-order valence-corrected chi connectivity index (χ0v) is 20.5. The summed E-state index contributed by atoms with van der Waals surface area (Å²) in [4.78, 5) is 46.1. The molecule has 0 radical (unpaired) electrons. The van der Waals surface area contributed by atoms with Crippen molar-refractivity contribution < 1.29 is 13.2 Å². The van der Waals surface area contributed by atoms with Gasteiger partial charge in [-0.15, -0.1) is 0 Å². The lowest BCUT2D eigenvalue weighted by Gasteiger charge is -2.24. The second-order valence-corrected chi connectivity index (χ2v) is 11.8. The summed E-state index contributed by atoms with van der Waals surface area (Å²) in [6.07, 6.45) is 5.97. The summed E-state index contributed by atoms with van der Waals surface area (Å²) < 4.78 is 28.0. The molecule has 1 atom stereocenters. The topological polar surface area (TPSA) is 116 Å². The molecule has 3 heterocycles. The van der Waals surface area contributed by atoms with Crippen molar-refractivity contribution in [3.8, 4) is 0 Å². The molecule has 35 heavy (non-hydrogen) atoms. The van der Waals surface area contributed by atoms with Crippen molar-refractivity contribution in [2.45, 2.75) is 57.3 Å². The number of hydrogen-bond acceptors (Lipinski definition) is 6. The van der Waals surface area contributed by atoms with Gasteiger partial charge in [0.1, 0.15) is 6.54 Å². The number of imidazole rings is 1. The number of amides is 1.